The van der Waals surface area contributed by atoms with Gasteiger partial charge in [0.2, 0.25) is 0 Å². The van der Waals surface area contributed by atoms with Crippen LogP contribution >= 0.6 is 11.6 Å². The maximum atomic E-state index is 14.0. The zero-order valence-electron chi connectivity index (χ0n) is 13.9. The van der Waals surface area contributed by atoms with E-state index in [1.54, 1.807) is 12.1 Å². The van der Waals surface area contributed by atoms with E-state index in [2.05, 4.69) is 30.7 Å². The first-order valence-electron chi connectivity index (χ1n) is 7.79. The molecule has 2 heterocycles. The standard InChI is InChI=1S/C18H22ClFN2O/c1-11(2)9-12(3)10-23-16-6-5-15(22-13(16)4)14-7-8-21-18(19)17(14)20/h5-8,11-12H,9-10H2,1-4H3/t12-/m0/s1. The van der Waals surface area contributed by atoms with Crippen LogP contribution in [0.3, 0.4) is 0 Å². The first kappa shape index (κ1) is 17.7. The van der Waals surface area contributed by atoms with Gasteiger partial charge in [-0.05, 0) is 43.4 Å². The molecule has 0 bridgehead atoms. The molecule has 1 atom stereocenters. The minimum atomic E-state index is -0.555. The number of rotatable bonds is 6. The van der Waals surface area contributed by atoms with E-state index in [0.717, 1.165) is 17.9 Å². The van der Waals surface area contributed by atoms with Crippen LogP contribution in [0.1, 0.15) is 32.9 Å². The maximum absolute atomic E-state index is 14.0. The number of nitrogens with zero attached hydrogens (tertiary/aromatic N) is 2. The second kappa shape index (κ2) is 7.73. The Morgan fingerprint density at radius 2 is 1.96 bits per heavy atom. The molecule has 5 heteroatoms. The highest BCUT2D eigenvalue weighted by Crippen LogP contribution is 2.27. The van der Waals surface area contributed by atoms with Crippen molar-refractivity contribution in [2.45, 2.75) is 34.1 Å². The van der Waals surface area contributed by atoms with E-state index in [-0.39, 0.29) is 5.15 Å². The van der Waals surface area contributed by atoms with Crippen molar-refractivity contribution in [1.29, 1.82) is 0 Å². The number of aryl methyl sites for hydroxylation is 1. The average molecular weight is 337 g/mol. The van der Waals surface area contributed by atoms with Crippen molar-refractivity contribution in [3.8, 4) is 17.0 Å². The zero-order chi connectivity index (χ0) is 17.0. The molecule has 2 aromatic heterocycles. The molecule has 0 unspecified atom stereocenters. The van der Waals surface area contributed by atoms with E-state index in [1.807, 2.05) is 13.0 Å². The summed E-state index contributed by atoms with van der Waals surface area (Å²) in [4.78, 5) is 8.15. The molecule has 124 valence electrons. The number of hydrogen-bond acceptors (Lipinski definition) is 3. The zero-order valence-corrected chi connectivity index (χ0v) is 14.7. The average Bonchev–Trinajstić information content (AvgIpc) is 2.48. The van der Waals surface area contributed by atoms with Crippen LogP contribution in [0.4, 0.5) is 4.39 Å². The molecule has 0 N–H and O–H groups in total. The predicted molar refractivity (Wildman–Crippen MR) is 91.3 cm³/mol. The summed E-state index contributed by atoms with van der Waals surface area (Å²) in [5.41, 5.74) is 1.59. The summed E-state index contributed by atoms with van der Waals surface area (Å²) >= 11 is 5.72. The first-order valence-corrected chi connectivity index (χ1v) is 8.17. The Morgan fingerprint density at radius 1 is 1.22 bits per heavy atom. The minimum Gasteiger partial charge on any atom is -0.491 e. The third kappa shape index (κ3) is 4.64. The number of ether oxygens (including phenoxy) is 1. The number of aromatic nitrogens is 2. The van der Waals surface area contributed by atoms with Crippen LogP contribution in [0.15, 0.2) is 24.4 Å². The van der Waals surface area contributed by atoms with E-state index in [0.29, 0.717) is 29.7 Å². The molecule has 2 aromatic rings. The summed E-state index contributed by atoms with van der Waals surface area (Å²) in [6, 6.07) is 5.13. The van der Waals surface area contributed by atoms with Gasteiger partial charge in [-0.15, -0.1) is 0 Å². The fourth-order valence-electron chi connectivity index (χ4n) is 2.57. The third-order valence-electron chi connectivity index (χ3n) is 3.56. The summed E-state index contributed by atoms with van der Waals surface area (Å²) in [6.45, 7) is 9.08. The Kier molecular flexibility index (Phi) is 5.94. The minimum absolute atomic E-state index is 0.148. The summed E-state index contributed by atoms with van der Waals surface area (Å²) in [5, 5.41) is -0.148. The van der Waals surface area contributed by atoms with Gasteiger partial charge in [-0.2, -0.15) is 0 Å². The van der Waals surface area contributed by atoms with E-state index in [1.165, 1.54) is 6.20 Å². The maximum Gasteiger partial charge on any atom is 0.169 e. The van der Waals surface area contributed by atoms with Gasteiger partial charge >= 0.3 is 0 Å². The third-order valence-corrected chi connectivity index (χ3v) is 3.82. The molecule has 0 aliphatic rings. The normalized spacial score (nSPS) is 12.5. The molecular weight excluding hydrogens is 315 g/mol. The lowest BCUT2D eigenvalue weighted by molar-refractivity contribution is 0.237. The van der Waals surface area contributed by atoms with E-state index >= 15 is 0 Å². The van der Waals surface area contributed by atoms with Crippen molar-refractivity contribution >= 4 is 11.6 Å². The molecule has 0 radical (unpaired) electrons. The van der Waals surface area contributed by atoms with Gasteiger partial charge in [-0.1, -0.05) is 32.4 Å². The van der Waals surface area contributed by atoms with E-state index in [9.17, 15) is 4.39 Å². The molecular formula is C18H22ClFN2O. The van der Waals surface area contributed by atoms with Gasteiger partial charge < -0.3 is 4.74 Å². The van der Waals surface area contributed by atoms with Crippen LogP contribution in [0.25, 0.3) is 11.3 Å². The molecule has 0 aliphatic carbocycles. The molecule has 2 rings (SSSR count). The second-order valence-electron chi connectivity index (χ2n) is 6.29. The summed E-state index contributed by atoms with van der Waals surface area (Å²) < 4.78 is 19.9. The molecule has 0 spiro atoms. The summed E-state index contributed by atoms with van der Waals surface area (Å²) in [5.74, 6) is 1.30. The largest absolute Gasteiger partial charge is 0.491 e. The van der Waals surface area contributed by atoms with E-state index < -0.39 is 5.82 Å². The molecule has 0 saturated heterocycles. The molecule has 0 aromatic carbocycles. The van der Waals surface area contributed by atoms with Crippen LogP contribution in [-0.4, -0.2) is 16.6 Å². The lowest BCUT2D eigenvalue weighted by Gasteiger charge is -2.16. The van der Waals surface area contributed by atoms with Crippen molar-refractivity contribution in [3.05, 3.63) is 41.1 Å². The Labute approximate surface area is 141 Å². The summed E-state index contributed by atoms with van der Waals surface area (Å²) in [6.07, 6.45) is 2.58. The number of hydrogen-bond donors (Lipinski definition) is 0. The van der Waals surface area contributed by atoms with Crippen molar-refractivity contribution in [1.82, 2.24) is 9.97 Å². The highest BCUT2D eigenvalue weighted by molar-refractivity contribution is 6.29. The number of pyridine rings is 2. The second-order valence-corrected chi connectivity index (χ2v) is 6.65. The fourth-order valence-corrected chi connectivity index (χ4v) is 2.73. The van der Waals surface area contributed by atoms with Crippen LogP contribution < -0.4 is 4.74 Å². The van der Waals surface area contributed by atoms with Crippen molar-refractivity contribution < 1.29 is 9.13 Å². The fraction of sp³-hybridized carbons (Fsp3) is 0.444. The van der Waals surface area contributed by atoms with Crippen LogP contribution in [0.5, 0.6) is 5.75 Å². The van der Waals surface area contributed by atoms with E-state index in [4.69, 9.17) is 16.3 Å². The summed E-state index contributed by atoms with van der Waals surface area (Å²) in [7, 11) is 0. The lowest BCUT2D eigenvalue weighted by atomic mass is 10.00. The van der Waals surface area contributed by atoms with Crippen molar-refractivity contribution in [3.63, 3.8) is 0 Å². The van der Waals surface area contributed by atoms with Crippen LogP contribution in [0.2, 0.25) is 5.15 Å². The van der Waals surface area contributed by atoms with Gasteiger partial charge in [-0.3, -0.25) is 0 Å². The van der Waals surface area contributed by atoms with Crippen molar-refractivity contribution in [2.75, 3.05) is 6.61 Å². The Morgan fingerprint density at radius 3 is 2.61 bits per heavy atom. The molecule has 0 aliphatic heterocycles. The van der Waals surface area contributed by atoms with Gasteiger partial charge in [0.25, 0.3) is 0 Å². The van der Waals surface area contributed by atoms with Crippen molar-refractivity contribution in [2.24, 2.45) is 11.8 Å². The van der Waals surface area contributed by atoms with Gasteiger partial charge in [0, 0.05) is 11.8 Å². The molecule has 0 amide bonds. The lowest BCUT2D eigenvalue weighted by Crippen LogP contribution is -2.11. The first-order chi connectivity index (χ1) is 10.9. The smallest absolute Gasteiger partial charge is 0.169 e. The van der Waals surface area contributed by atoms with Crippen LogP contribution in [0, 0.1) is 24.6 Å². The molecule has 0 saturated carbocycles. The van der Waals surface area contributed by atoms with Crippen LogP contribution in [-0.2, 0) is 0 Å². The molecule has 0 fully saturated rings. The molecule has 3 nitrogen and oxygen atoms in total. The SMILES string of the molecule is Cc1nc(-c2ccnc(Cl)c2F)ccc1OC[C@@H](C)CC(C)C. The predicted octanol–water partition coefficient (Wildman–Crippen LogP) is 5.31. The Bertz CT molecular complexity index is 676. The highest BCUT2D eigenvalue weighted by atomic mass is 35.5. The monoisotopic (exact) mass is 336 g/mol. The van der Waals surface area contributed by atoms with Gasteiger partial charge in [0.1, 0.15) is 5.75 Å². The molecule has 23 heavy (non-hydrogen) atoms. The Balaban J connectivity index is 2.13. The van der Waals surface area contributed by atoms with Gasteiger partial charge in [-0.25, -0.2) is 14.4 Å². The Hall–Kier alpha value is -1.68. The quantitative estimate of drug-likeness (QED) is 0.671. The van der Waals surface area contributed by atoms with Gasteiger partial charge in [0.05, 0.1) is 18.0 Å². The van der Waals surface area contributed by atoms with Gasteiger partial charge in [0.15, 0.2) is 11.0 Å². The highest BCUT2D eigenvalue weighted by Gasteiger charge is 2.13. The topological polar surface area (TPSA) is 35.0 Å². The number of halogens is 2.